The summed E-state index contributed by atoms with van der Waals surface area (Å²) < 4.78 is 22.8. The number of phosphoric acid groups is 1. The fraction of sp³-hybridized carbons (Fsp3) is 0.884. The number of nitrogens with one attached hydrogen (secondary N) is 1. The zero-order valence-corrected chi connectivity index (χ0v) is 36.1. The number of unbranched alkanes of at least 4 members (excludes halogenated alkanes) is 21. The minimum absolute atomic E-state index is 0.251. The molecule has 9 N–H and O–H groups in total. The molecule has 0 saturated heterocycles. The van der Waals surface area contributed by atoms with Crippen LogP contribution in [0.4, 0.5) is 0 Å². The van der Waals surface area contributed by atoms with Crippen LogP contribution in [0.3, 0.4) is 0 Å². The van der Waals surface area contributed by atoms with Crippen LogP contribution in [0.1, 0.15) is 181 Å². The number of hydrogen-bond acceptors (Lipinski definition) is 11. The molecule has 0 heterocycles. The van der Waals surface area contributed by atoms with Gasteiger partial charge in [-0.3, -0.25) is 13.8 Å². The Kier molecular flexibility index (Phi) is 31.6. The van der Waals surface area contributed by atoms with E-state index < -0.39 is 75.2 Å². The molecule has 1 rings (SSSR count). The van der Waals surface area contributed by atoms with Crippen molar-refractivity contribution in [3.63, 3.8) is 0 Å². The van der Waals surface area contributed by atoms with E-state index in [1.165, 1.54) is 109 Å². The number of hydrogen-bond donors (Lipinski definition) is 9. The summed E-state index contributed by atoms with van der Waals surface area (Å²) in [5.41, 5.74) is 0. The lowest BCUT2D eigenvalue weighted by Crippen LogP contribution is -2.64. The molecule has 1 fully saturated rings. The molecule has 0 aromatic rings. The predicted octanol–water partition coefficient (Wildman–Crippen LogP) is 6.81. The Bertz CT molecular complexity index is 1080. The summed E-state index contributed by atoms with van der Waals surface area (Å²) in [5.74, 6) is -0.605. The van der Waals surface area contributed by atoms with Crippen LogP contribution in [0.15, 0.2) is 24.3 Å². The van der Waals surface area contributed by atoms with Gasteiger partial charge in [0.05, 0.1) is 31.3 Å². The highest BCUT2D eigenvalue weighted by molar-refractivity contribution is 7.47. The third-order valence-electron chi connectivity index (χ3n) is 10.8. The topological polar surface area (TPSA) is 226 Å². The number of aliphatic hydroxyl groups excluding tert-OH is 7. The quantitative estimate of drug-likeness (QED) is 0.0180. The van der Waals surface area contributed by atoms with Crippen LogP contribution in [0, 0.1) is 0 Å². The number of rotatable bonds is 36. The van der Waals surface area contributed by atoms with E-state index in [1.807, 2.05) is 0 Å². The van der Waals surface area contributed by atoms with Crippen molar-refractivity contribution in [2.75, 3.05) is 6.61 Å². The Morgan fingerprint density at radius 2 is 1.04 bits per heavy atom. The van der Waals surface area contributed by atoms with Crippen LogP contribution in [0.2, 0.25) is 0 Å². The molecule has 14 heteroatoms. The summed E-state index contributed by atoms with van der Waals surface area (Å²) in [6, 6.07) is -1.25. The third kappa shape index (κ3) is 25.9. The van der Waals surface area contributed by atoms with E-state index in [0.29, 0.717) is 12.8 Å². The lowest BCUT2D eigenvalue weighted by Gasteiger charge is -2.41. The van der Waals surface area contributed by atoms with Crippen LogP contribution in [0.5, 0.6) is 0 Å². The van der Waals surface area contributed by atoms with Crippen molar-refractivity contribution >= 4 is 13.7 Å². The van der Waals surface area contributed by atoms with Gasteiger partial charge >= 0.3 is 7.82 Å². The summed E-state index contributed by atoms with van der Waals surface area (Å²) in [7, 11) is -5.14. The van der Waals surface area contributed by atoms with Crippen molar-refractivity contribution in [1.29, 1.82) is 0 Å². The summed E-state index contributed by atoms with van der Waals surface area (Å²) in [5, 5.41) is 74.2. The van der Waals surface area contributed by atoms with E-state index in [2.05, 4.69) is 31.3 Å². The van der Waals surface area contributed by atoms with Crippen LogP contribution < -0.4 is 5.32 Å². The molecule has 8 atom stereocenters. The standard InChI is InChI=1S/C43H82NO12P/c1-3-5-7-9-11-13-14-15-16-17-18-19-20-21-22-23-25-27-29-31-36(46)35(44-37(47)32-34(45)30-28-26-24-12-10-8-6-4-2)33-55-57(53,54)56-43-41(51)39(49)38(48)40(50)42(43)52/h22-23,29,31,34-36,38-43,45-46,48-52H,3-21,24-28,30,32-33H2,1-2H3,(H,44,47)(H,53,54)/b23-22+,31-29+. The number of carbonyl (C=O) groups excluding carboxylic acids is 1. The smallest absolute Gasteiger partial charge is 0.393 e. The number of allylic oxidation sites excluding steroid dienone is 3. The average molecular weight is 836 g/mol. The summed E-state index contributed by atoms with van der Waals surface area (Å²) in [6.45, 7) is 3.68. The van der Waals surface area contributed by atoms with Crippen LogP contribution in [0.25, 0.3) is 0 Å². The Morgan fingerprint density at radius 3 is 1.54 bits per heavy atom. The lowest BCUT2D eigenvalue weighted by molar-refractivity contribution is -0.220. The van der Waals surface area contributed by atoms with Gasteiger partial charge in [-0.25, -0.2) is 4.57 Å². The first-order valence-corrected chi connectivity index (χ1v) is 23.9. The van der Waals surface area contributed by atoms with Gasteiger partial charge in [-0.2, -0.15) is 0 Å². The maximum Gasteiger partial charge on any atom is 0.472 e. The highest BCUT2D eigenvalue weighted by atomic mass is 31.2. The van der Waals surface area contributed by atoms with Crippen molar-refractivity contribution < 1.29 is 59.0 Å². The molecule has 1 aliphatic rings. The lowest BCUT2D eigenvalue weighted by atomic mass is 9.85. The molecule has 1 aliphatic carbocycles. The molecule has 336 valence electrons. The molecule has 1 saturated carbocycles. The van der Waals surface area contributed by atoms with Gasteiger partial charge < -0.3 is 46.0 Å². The van der Waals surface area contributed by atoms with E-state index in [4.69, 9.17) is 9.05 Å². The van der Waals surface area contributed by atoms with Gasteiger partial charge in [-0.15, -0.1) is 0 Å². The second-order valence-corrected chi connectivity index (χ2v) is 17.5. The Labute approximate surface area is 344 Å². The van der Waals surface area contributed by atoms with E-state index in [9.17, 15) is 50.0 Å². The monoisotopic (exact) mass is 836 g/mol. The Balaban J connectivity index is 2.57. The maximum atomic E-state index is 12.9. The molecule has 0 radical (unpaired) electrons. The van der Waals surface area contributed by atoms with Gasteiger partial charge in [0.15, 0.2) is 0 Å². The summed E-state index contributed by atoms with van der Waals surface area (Å²) >= 11 is 0. The molecular formula is C43H82NO12P. The number of phosphoric ester groups is 1. The van der Waals surface area contributed by atoms with E-state index >= 15 is 0 Å². The molecule has 0 aliphatic heterocycles. The van der Waals surface area contributed by atoms with Crippen LogP contribution in [-0.2, 0) is 18.4 Å². The number of amides is 1. The molecule has 0 aromatic carbocycles. The molecule has 57 heavy (non-hydrogen) atoms. The first-order valence-electron chi connectivity index (χ1n) is 22.4. The van der Waals surface area contributed by atoms with Gasteiger partial charge in [0.1, 0.15) is 36.6 Å². The fourth-order valence-corrected chi connectivity index (χ4v) is 8.05. The second kappa shape index (κ2) is 33.5. The molecule has 0 aromatic heterocycles. The molecule has 13 nitrogen and oxygen atoms in total. The highest BCUT2D eigenvalue weighted by Gasteiger charge is 2.51. The Morgan fingerprint density at radius 1 is 0.614 bits per heavy atom. The van der Waals surface area contributed by atoms with Crippen molar-refractivity contribution in [2.24, 2.45) is 0 Å². The van der Waals surface area contributed by atoms with Gasteiger partial charge in [0, 0.05) is 0 Å². The third-order valence-corrected chi connectivity index (χ3v) is 11.8. The molecular weight excluding hydrogens is 753 g/mol. The minimum atomic E-state index is -5.14. The van der Waals surface area contributed by atoms with Gasteiger partial charge in [-0.1, -0.05) is 167 Å². The van der Waals surface area contributed by atoms with E-state index in [1.54, 1.807) is 6.08 Å². The van der Waals surface area contributed by atoms with Crippen LogP contribution in [-0.4, -0.2) is 108 Å². The zero-order chi connectivity index (χ0) is 42.3. The van der Waals surface area contributed by atoms with Gasteiger partial charge in [0.25, 0.3) is 0 Å². The first kappa shape index (κ1) is 53.8. The SMILES string of the molecule is CCCCCCCCCCCCCCC/C=C/CC/C=C/C(O)C(COP(=O)(O)OC1C(O)C(O)C(O)C(O)C1O)NC(=O)CC(O)CCCCCCCCCC. The second-order valence-electron chi connectivity index (χ2n) is 16.1. The predicted molar refractivity (Wildman–Crippen MR) is 224 cm³/mol. The normalized spacial score (nSPS) is 24.2. The van der Waals surface area contributed by atoms with Crippen molar-refractivity contribution in [3.8, 4) is 0 Å². The highest BCUT2D eigenvalue weighted by Crippen LogP contribution is 2.47. The van der Waals surface area contributed by atoms with Crippen LogP contribution >= 0.6 is 7.82 Å². The molecule has 8 unspecified atom stereocenters. The largest absolute Gasteiger partial charge is 0.472 e. The first-order chi connectivity index (χ1) is 27.3. The van der Waals surface area contributed by atoms with Gasteiger partial charge in [-0.05, 0) is 32.1 Å². The molecule has 1 amide bonds. The van der Waals surface area contributed by atoms with E-state index in [-0.39, 0.29) is 6.42 Å². The average Bonchev–Trinajstić information content (AvgIpc) is 3.18. The maximum absolute atomic E-state index is 12.9. The summed E-state index contributed by atoms with van der Waals surface area (Å²) in [6.07, 6.45) is 21.5. The number of carbonyl (C=O) groups is 1. The Hall–Kier alpha value is -1.22. The van der Waals surface area contributed by atoms with Gasteiger partial charge in [0.2, 0.25) is 5.91 Å². The fourth-order valence-electron chi connectivity index (χ4n) is 7.08. The van der Waals surface area contributed by atoms with Crippen molar-refractivity contribution in [3.05, 3.63) is 24.3 Å². The van der Waals surface area contributed by atoms with Crippen molar-refractivity contribution in [1.82, 2.24) is 5.32 Å². The molecule has 0 bridgehead atoms. The van der Waals surface area contributed by atoms with Crippen molar-refractivity contribution in [2.45, 2.75) is 236 Å². The zero-order valence-electron chi connectivity index (χ0n) is 35.3. The minimum Gasteiger partial charge on any atom is -0.393 e. The number of aliphatic hydroxyl groups is 7. The van der Waals surface area contributed by atoms with E-state index in [0.717, 1.165) is 44.9 Å². The summed E-state index contributed by atoms with van der Waals surface area (Å²) in [4.78, 5) is 23.3. The molecule has 0 spiro atoms.